The van der Waals surface area contributed by atoms with Crippen LogP contribution in [-0.2, 0) is 6.54 Å². The molecule has 0 atom stereocenters. The second-order valence-corrected chi connectivity index (χ2v) is 6.58. The van der Waals surface area contributed by atoms with E-state index in [1.165, 1.54) is 30.6 Å². The summed E-state index contributed by atoms with van der Waals surface area (Å²) in [7, 11) is 0. The van der Waals surface area contributed by atoms with Crippen molar-refractivity contribution in [1.29, 1.82) is 0 Å². The Bertz CT molecular complexity index is 375. The fourth-order valence-corrected chi connectivity index (χ4v) is 3.33. The number of nitrogens with two attached hydrogens (primary N) is 1. The third kappa shape index (κ3) is 5.13. The monoisotopic (exact) mass is 429 g/mol. The maximum atomic E-state index is 5.84. The minimum atomic E-state index is 0. The van der Waals surface area contributed by atoms with Crippen molar-refractivity contribution in [3.8, 4) is 0 Å². The minimum absolute atomic E-state index is 0. The molecule has 0 bridgehead atoms. The standard InChI is InChI=1S/C11H16BrN3S.HI/c12-10-6-5-9(16-10)7-14-11(13)15-8-3-1-2-4-8;/h5-6,8H,1-4,7H2,(H3,13,14,15);1H. The van der Waals surface area contributed by atoms with Crippen molar-refractivity contribution < 1.29 is 0 Å². The van der Waals surface area contributed by atoms with E-state index in [1.807, 2.05) is 6.07 Å². The largest absolute Gasteiger partial charge is 0.370 e. The van der Waals surface area contributed by atoms with E-state index in [0.717, 1.165) is 3.79 Å². The van der Waals surface area contributed by atoms with E-state index in [2.05, 4.69) is 32.3 Å². The quantitative estimate of drug-likeness (QED) is 0.439. The van der Waals surface area contributed by atoms with E-state index in [1.54, 1.807) is 11.3 Å². The average Bonchev–Trinajstić information content (AvgIpc) is 2.87. The molecule has 0 radical (unpaired) electrons. The molecule has 1 aromatic heterocycles. The summed E-state index contributed by atoms with van der Waals surface area (Å²) in [4.78, 5) is 5.57. The Morgan fingerprint density at radius 3 is 2.76 bits per heavy atom. The number of thiophene rings is 1. The third-order valence-electron chi connectivity index (χ3n) is 2.74. The van der Waals surface area contributed by atoms with Crippen LogP contribution in [0.4, 0.5) is 0 Å². The predicted octanol–water partition coefficient (Wildman–Crippen LogP) is 3.48. The Labute approximate surface area is 131 Å². The van der Waals surface area contributed by atoms with E-state index >= 15 is 0 Å². The van der Waals surface area contributed by atoms with Crippen molar-refractivity contribution in [1.82, 2.24) is 5.32 Å². The van der Waals surface area contributed by atoms with Crippen LogP contribution in [0.25, 0.3) is 0 Å². The van der Waals surface area contributed by atoms with Crippen molar-refractivity contribution in [3.63, 3.8) is 0 Å². The van der Waals surface area contributed by atoms with Gasteiger partial charge in [-0.1, -0.05) is 12.8 Å². The first-order valence-electron chi connectivity index (χ1n) is 5.55. The molecule has 1 fully saturated rings. The normalized spacial score (nSPS) is 16.9. The van der Waals surface area contributed by atoms with Crippen molar-refractivity contribution in [3.05, 3.63) is 20.8 Å². The summed E-state index contributed by atoms with van der Waals surface area (Å²) in [6.07, 6.45) is 5.06. The van der Waals surface area contributed by atoms with Gasteiger partial charge in [0.15, 0.2) is 5.96 Å². The van der Waals surface area contributed by atoms with Gasteiger partial charge in [-0.3, -0.25) is 0 Å². The summed E-state index contributed by atoms with van der Waals surface area (Å²) in [6, 6.07) is 4.65. The lowest BCUT2D eigenvalue weighted by molar-refractivity contribution is 0.625. The van der Waals surface area contributed by atoms with Crippen molar-refractivity contribution >= 4 is 57.2 Å². The molecule has 0 unspecified atom stereocenters. The van der Waals surface area contributed by atoms with Crippen LogP contribution in [0.1, 0.15) is 30.6 Å². The molecule has 96 valence electrons. The Hall–Kier alpha value is 0.180. The van der Waals surface area contributed by atoms with Gasteiger partial charge in [-0.2, -0.15) is 0 Å². The molecule has 6 heteroatoms. The van der Waals surface area contributed by atoms with Crippen molar-refractivity contribution in [2.75, 3.05) is 0 Å². The Morgan fingerprint density at radius 1 is 1.47 bits per heavy atom. The summed E-state index contributed by atoms with van der Waals surface area (Å²) in [5.41, 5.74) is 5.84. The molecule has 3 N–H and O–H groups in total. The molecule has 1 aliphatic carbocycles. The molecular formula is C11H17BrIN3S. The molecule has 1 aromatic rings. The highest BCUT2D eigenvalue weighted by Crippen LogP contribution is 2.22. The number of aliphatic imine (C=N–C) groups is 1. The summed E-state index contributed by atoms with van der Waals surface area (Å²) in [5.74, 6) is 0.580. The Morgan fingerprint density at radius 2 is 2.18 bits per heavy atom. The molecule has 0 aliphatic heterocycles. The molecule has 0 saturated heterocycles. The van der Waals surface area contributed by atoms with Crippen LogP contribution in [0, 0.1) is 0 Å². The van der Waals surface area contributed by atoms with Crippen LogP contribution < -0.4 is 11.1 Å². The molecule has 0 aromatic carbocycles. The van der Waals surface area contributed by atoms with Gasteiger partial charge in [-0.25, -0.2) is 4.99 Å². The minimum Gasteiger partial charge on any atom is -0.370 e. The first kappa shape index (κ1) is 15.2. The SMILES string of the molecule is I.NC(=NCc1ccc(Br)s1)NC1CCCC1. The van der Waals surface area contributed by atoms with Gasteiger partial charge >= 0.3 is 0 Å². The Balaban J connectivity index is 0.00000144. The molecule has 2 rings (SSSR count). The molecular weight excluding hydrogens is 413 g/mol. The van der Waals surface area contributed by atoms with E-state index in [0.29, 0.717) is 18.5 Å². The maximum Gasteiger partial charge on any atom is 0.189 e. The number of nitrogens with zero attached hydrogens (tertiary/aromatic N) is 1. The molecule has 3 nitrogen and oxygen atoms in total. The van der Waals surface area contributed by atoms with Gasteiger partial charge in [0.1, 0.15) is 0 Å². The van der Waals surface area contributed by atoms with Crippen molar-refractivity contribution in [2.24, 2.45) is 10.7 Å². The Kier molecular flexibility index (Phi) is 6.79. The fraction of sp³-hybridized carbons (Fsp3) is 0.545. The zero-order valence-electron chi connectivity index (χ0n) is 9.49. The van der Waals surface area contributed by atoms with Crippen LogP contribution in [-0.4, -0.2) is 12.0 Å². The second kappa shape index (κ2) is 7.58. The van der Waals surface area contributed by atoms with Crippen LogP contribution >= 0.6 is 51.2 Å². The molecule has 1 saturated carbocycles. The van der Waals surface area contributed by atoms with Gasteiger partial charge < -0.3 is 11.1 Å². The number of hydrogen-bond donors (Lipinski definition) is 2. The van der Waals surface area contributed by atoms with Crippen LogP contribution in [0.3, 0.4) is 0 Å². The number of rotatable bonds is 3. The number of hydrogen-bond acceptors (Lipinski definition) is 2. The van der Waals surface area contributed by atoms with Gasteiger partial charge in [0.2, 0.25) is 0 Å². The van der Waals surface area contributed by atoms with Crippen molar-refractivity contribution in [2.45, 2.75) is 38.3 Å². The summed E-state index contributed by atoms with van der Waals surface area (Å²) < 4.78 is 1.14. The molecule has 17 heavy (non-hydrogen) atoms. The van der Waals surface area contributed by atoms with Crippen LogP contribution in [0.15, 0.2) is 20.9 Å². The highest BCUT2D eigenvalue weighted by Gasteiger charge is 2.14. The van der Waals surface area contributed by atoms with Gasteiger partial charge in [0, 0.05) is 10.9 Å². The molecule has 1 aliphatic rings. The summed E-state index contributed by atoms with van der Waals surface area (Å²) in [6.45, 7) is 0.668. The van der Waals surface area contributed by atoms with Crippen LogP contribution in [0.5, 0.6) is 0 Å². The van der Waals surface area contributed by atoms with Gasteiger partial charge in [-0.15, -0.1) is 35.3 Å². The summed E-state index contributed by atoms with van der Waals surface area (Å²) >= 11 is 5.13. The molecule has 0 amide bonds. The van der Waals surface area contributed by atoms with Gasteiger partial charge in [0.25, 0.3) is 0 Å². The number of nitrogens with one attached hydrogen (secondary N) is 1. The molecule has 1 heterocycles. The van der Waals surface area contributed by atoms with Gasteiger partial charge in [0.05, 0.1) is 10.3 Å². The first-order chi connectivity index (χ1) is 7.74. The second-order valence-electron chi connectivity index (χ2n) is 4.03. The van der Waals surface area contributed by atoms with E-state index < -0.39 is 0 Å². The predicted molar refractivity (Wildman–Crippen MR) is 88.2 cm³/mol. The fourth-order valence-electron chi connectivity index (χ4n) is 1.92. The first-order valence-corrected chi connectivity index (χ1v) is 7.15. The van der Waals surface area contributed by atoms with Gasteiger partial charge in [-0.05, 0) is 40.9 Å². The summed E-state index contributed by atoms with van der Waals surface area (Å²) in [5, 5.41) is 3.28. The lowest BCUT2D eigenvalue weighted by Crippen LogP contribution is -2.38. The van der Waals surface area contributed by atoms with Crippen LogP contribution in [0.2, 0.25) is 0 Å². The topological polar surface area (TPSA) is 50.4 Å². The number of halogens is 2. The highest BCUT2D eigenvalue weighted by molar-refractivity contribution is 14.0. The lowest BCUT2D eigenvalue weighted by Gasteiger charge is -2.11. The zero-order chi connectivity index (χ0) is 11.4. The third-order valence-corrected chi connectivity index (χ3v) is 4.35. The smallest absolute Gasteiger partial charge is 0.189 e. The maximum absolute atomic E-state index is 5.84. The number of guanidine groups is 1. The highest BCUT2D eigenvalue weighted by atomic mass is 127. The van der Waals surface area contributed by atoms with E-state index in [4.69, 9.17) is 5.73 Å². The van der Waals surface area contributed by atoms with E-state index in [-0.39, 0.29) is 24.0 Å². The van der Waals surface area contributed by atoms with E-state index in [9.17, 15) is 0 Å². The average molecular weight is 430 g/mol. The molecule has 0 spiro atoms. The lowest BCUT2D eigenvalue weighted by atomic mass is 10.2. The zero-order valence-corrected chi connectivity index (χ0v) is 14.2.